The summed E-state index contributed by atoms with van der Waals surface area (Å²) in [4.78, 5) is 16.5. The first-order valence-electron chi connectivity index (χ1n) is 8.92. The van der Waals surface area contributed by atoms with E-state index in [9.17, 15) is 4.79 Å². The predicted octanol–water partition coefficient (Wildman–Crippen LogP) is 5.45. The molecule has 0 bridgehead atoms. The van der Waals surface area contributed by atoms with Crippen LogP contribution in [0.25, 0.3) is 11.4 Å². The molecule has 0 saturated carbocycles. The summed E-state index contributed by atoms with van der Waals surface area (Å²) in [6.45, 7) is 7.06. The fraction of sp³-hybridized carbons (Fsp3) is 0.227. The average molecular weight is 410 g/mol. The van der Waals surface area contributed by atoms with Gasteiger partial charge in [0.15, 0.2) is 0 Å². The van der Waals surface area contributed by atoms with Gasteiger partial charge >= 0.3 is 6.09 Å². The lowest BCUT2D eigenvalue weighted by Gasteiger charge is -2.20. The summed E-state index contributed by atoms with van der Waals surface area (Å²) in [5, 5.41) is 6.98. The van der Waals surface area contributed by atoms with E-state index < -0.39 is 11.7 Å². The molecule has 0 aliphatic heterocycles. The molecule has 1 amide bonds. The van der Waals surface area contributed by atoms with E-state index in [1.807, 2.05) is 30.3 Å². The number of benzene rings is 2. The van der Waals surface area contributed by atoms with Crippen LogP contribution in [0, 0.1) is 18.8 Å². The summed E-state index contributed by atoms with van der Waals surface area (Å²) in [6, 6.07) is 12.8. The predicted molar refractivity (Wildman–Crippen MR) is 112 cm³/mol. The van der Waals surface area contributed by atoms with E-state index in [0.29, 0.717) is 33.6 Å². The largest absolute Gasteiger partial charge is 0.444 e. The molecule has 0 aliphatic rings. The lowest BCUT2D eigenvalue weighted by molar-refractivity contribution is 0.0636. The van der Waals surface area contributed by atoms with Crippen LogP contribution in [-0.4, -0.2) is 21.8 Å². The summed E-state index contributed by atoms with van der Waals surface area (Å²) in [5.74, 6) is 6.92. The Labute approximate surface area is 174 Å². The highest BCUT2D eigenvalue weighted by molar-refractivity contribution is 6.33. The third-order valence-electron chi connectivity index (χ3n) is 3.63. The number of ether oxygens (including phenoxy) is 1. The van der Waals surface area contributed by atoms with Gasteiger partial charge in [0.05, 0.1) is 10.7 Å². The molecule has 0 aliphatic carbocycles. The third kappa shape index (κ3) is 5.59. The van der Waals surface area contributed by atoms with Crippen molar-refractivity contribution >= 4 is 23.4 Å². The van der Waals surface area contributed by atoms with Crippen molar-refractivity contribution in [2.75, 3.05) is 5.32 Å². The average Bonchev–Trinajstić information content (AvgIpc) is 3.06. The summed E-state index contributed by atoms with van der Waals surface area (Å²) >= 11 is 6.42. The van der Waals surface area contributed by atoms with Gasteiger partial charge in [0.25, 0.3) is 0 Å². The minimum absolute atomic E-state index is 0.346. The Kier molecular flexibility index (Phi) is 5.90. The first kappa shape index (κ1) is 20.4. The van der Waals surface area contributed by atoms with E-state index in [0.717, 1.165) is 5.56 Å². The number of hydrogen-bond donors (Lipinski definition) is 1. The maximum absolute atomic E-state index is 12.3. The highest BCUT2D eigenvalue weighted by Crippen LogP contribution is 2.32. The SMILES string of the molecule is Cc1nc(-c2cc(C#Cc3ccccc3)c(NC(=O)OC(C)(C)C)cc2Cl)no1. The molecule has 3 rings (SSSR count). The summed E-state index contributed by atoms with van der Waals surface area (Å²) in [6.07, 6.45) is -0.598. The highest BCUT2D eigenvalue weighted by atomic mass is 35.5. The van der Waals surface area contributed by atoms with Crippen LogP contribution in [0.5, 0.6) is 0 Å². The maximum Gasteiger partial charge on any atom is 0.412 e. The molecule has 3 aromatic rings. The molecule has 1 aromatic heterocycles. The smallest absolute Gasteiger partial charge is 0.412 e. The zero-order valence-corrected chi connectivity index (χ0v) is 17.3. The molecule has 0 radical (unpaired) electrons. The Hall–Kier alpha value is -3.30. The van der Waals surface area contributed by atoms with Gasteiger partial charge in [-0.15, -0.1) is 0 Å². The number of aromatic nitrogens is 2. The number of anilines is 1. The lowest BCUT2D eigenvalue weighted by atomic mass is 10.1. The van der Waals surface area contributed by atoms with Crippen molar-refractivity contribution in [1.29, 1.82) is 0 Å². The number of halogens is 1. The van der Waals surface area contributed by atoms with Crippen molar-refractivity contribution in [2.45, 2.75) is 33.3 Å². The molecule has 0 spiro atoms. The van der Waals surface area contributed by atoms with E-state index in [1.54, 1.807) is 39.8 Å². The minimum Gasteiger partial charge on any atom is -0.444 e. The summed E-state index contributed by atoms with van der Waals surface area (Å²) in [7, 11) is 0. The van der Waals surface area contributed by atoms with E-state index in [-0.39, 0.29) is 0 Å². The normalized spacial score (nSPS) is 10.8. The van der Waals surface area contributed by atoms with Crippen molar-refractivity contribution in [1.82, 2.24) is 10.1 Å². The lowest BCUT2D eigenvalue weighted by Crippen LogP contribution is -2.27. The summed E-state index contributed by atoms with van der Waals surface area (Å²) < 4.78 is 10.4. The molecule has 0 fully saturated rings. The number of amides is 1. The van der Waals surface area contributed by atoms with Crippen LogP contribution in [0.4, 0.5) is 10.5 Å². The van der Waals surface area contributed by atoms with Gasteiger partial charge in [0, 0.05) is 23.6 Å². The fourth-order valence-electron chi connectivity index (χ4n) is 2.43. The van der Waals surface area contributed by atoms with Crippen LogP contribution in [0.1, 0.15) is 37.8 Å². The standard InChI is InChI=1S/C22H20ClN3O3/c1-14-24-20(26-29-14)17-12-16(11-10-15-8-6-5-7-9-15)19(13-18(17)23)25-21(27)28-22(2,3)4/h5-9,12-13H,1-4H3,(H,25,27). The van der Waals surface area contributed by atoms with Crippen molar-refractivity contribution in [3.05, 3.63) is 64.5 Å². The van der Waals surface area contributed by atoms with E-state index in [2.05, 4.69) is 27.3 Å². The van der Waals surface area contributed by atoms with Gasteiger partial charge in [-0.3, -0.25) is 5.32 Å². The summed E-state index contributed by atoms with van der Waals surface area (Å²) in [5.41, 5.74) is 1.72. The van der Waals surface area contributed by atoms with Crippen LogP contribution >= 0.6 is 11.6 Å². The zero-order valence-electron chi connectivity index (χ0n) is 16.5. The van der Waals surface area contributed by atoms with Crippen molar-refractivity contribution in [2.24, 2.45) is 0 Å². The number of rotatable bonds is 2. The van der Waals surface area contributed by atoms with Crippen LogP contribution in [0.15, 0.2) is 47.0 Å². The molecule has 6 nitrogen and oxygen atoms in total. The number of hydrogen-bond acceptors (Lipinski definition) is 5. The molecule has 2 aromatic carbocycles. The van der Waals surface area contributed by atoms with Gasteiger partial charge in [-0.2, -0.15) is 4.98 Å². The van der Waals surface area contributed by atoms with Crippen molar-refractivity contribution < 1.29 is 14.1 Å². The first-order valence-corrected chi connectivity index (χ1v) is 9.30. The molecule has 1 N–H and O–H groups in total. The number of nitrogens with one attached hydrogen (secondary N) is 1. The highest BCUT2D eigenvalue weighted by Gasteiger charge is 2.19. The number of carbonyl (C=O) groups is 1. The van der Waals surface area contributed by atoms with Gasteiger partial charge < -0.3 is 9.26 Å². The van der Waals surface area contributed by atoms with Crippen molar-refractivity contribution in [3.8, 4) is 23.2 Å². The Balaban J connectivity index is 2.03. The molecular formula is C22H20ClN3O3. The van der Waals surface area contributed by atoms with Crippen LogP contribution in [-0.2, 0) is 4.74 Å². The van der Waals surface area contributed by atoms with Crippen LogP contribution < -0.4 is 5.32 Å². The molecule has 0 atom stereocenters. The molecular weight excluding hydrogens is 390 g/mol. The zero-order chi connectivity index (χ0) is 21.0. The van der Waals surface area contributed by atoms with Gasteiger partial charge in [0.1, 0.15) is 5.60 Å². The van der Waals surface area contributed by atoms with E-state index >= 15 is 0 Å². The van der Waals surface area contributed by atoms with Gasteiger partial charge in [0.2, 0.25) is 11.7 Å². The van der Waals surface area contributed by atoms with E-state index in [1.165, 1.54) is 0 Å². The minimum atomic E-state index is -0.633. The second kappa shape index (κ2) is 8.38. The number of carbonyl (C=O) groups excluding carboxylic acids is 1. The monoisotopic (exact) mass is 409 g/mol. The van der Waals surface area contributed by atoms with Crippen molar-refractivity contribution in [3.63, 3.8) is 0 Å². The van der Waals surface area contributed by atoms with Gasteiger partial charge in [-0.25, -0.2) is 4.79 Å². The second-order valence-electron chi connectivity index (χ2n) is 7.26. The quantitative estimate of drug-likeness (QED) is 0.570. The Morgan fingerprint density at radius 3 is 2.52 bits per heavy atom. The number of nitrogens with zero attached hydrogens (tertiary/aromatic N) is 2. The molecule has 7 heteroatoms. The van der Waals surface area contributed by atoms with Crippen LogP contribution in [0.3, 0.4) is 0 Å². The molecule has 0 unspecified atom stereocenters. The topological polar surface area (TPSA) is 77.2 Å². The van der Waals surface area contributed by atoms with Gasteiger partial charge in [-0.05, 0) is 45.0 Å². The van der Waals surface area contributed by atoms with Crippen LogP contribution in [0.2, 0.25) is 5.02 Å². The Morgan fingerprint density at radius 1 is 1.17 bits per heavy atom. The maximum atomic E-state index is 12.3. The Morgan fingerprint density at radius 2 is 1.90 bits per heavy atom. The fourth-order valence-corrected chi connectivity index (χ4v) is 2.68. The third-order valence-corrected chi connectivity index (χ3v) is 3.94. The first-order chi connectivity index (χ1) is 13.7. The molecule has 1 heterocycles. The Bertz CT molecular complexity index is 1090. The second-order valence-corrected chi connectivity index (χ2v) is 7.66. The molecule has 0 saturated heterocycles. The van der Waals surface area contributed by atoms with Gasteiger partial charge in [-0.1, -0.05) is 46.8 Å². The number of aryl methyl sites for hydroxylation is 1. The van der Waals surface area contributed by atoms with E-state index in [4.69, 9.17) is 20.9 Å². The molecule has 29 heavy (non-hydrogen) atoms. The molecule has 148 valence electrons.